The number of hydrogen-bond donors (Lipinski definition) is 1. The largest absolute Gasteiger partial charge is 0.493 e. The molecule has 0 spiro atoms. The van der Waals surface area contributed by atoms with Crippen LogP contribution in [0.4, 0.5) is 0 Å². The number of carboxylic acids is 1. The third kappa shape index (κ3) is 7.08. The van der Waals surface area contributed by atoms with Crippen LogP contribution < -0.4 is 9.47 Å². The highest BCUT2D eigenvalue weighted by molar-refractivity contribution is 6.00. The zero-order valence-electron chi connectivity index (χ0n) is 20.1. The summed E-state index contributed by atoms with van der Waals surface area (Å²) < 4.78 is 12.1. The number of ether oxygens (including phenoxy) is 2. The third-order valence-electron chi connectivity index (χ3n) is 6.49. The predicted octanol–water partition coefficient (Wildman–Crippen LogP) is 6.18. The smallest absolute Gasteiger partial charge is 0.303 e. The monoisotopic (exact) mass is 452 g/mol. The van der Waals surface area contributed by atoms with Gasteiger partial charge in [0.15, 0.2) is 5.78 Å². The molecule has 3 rings (SSSR count). The molecule has 0 amide bonds. The summed E-state index contributed by atoms with van der Waals surface area (Å²) in [5, 5.41) is 8.87. The molecule has 0 aliphatic heterocycles. The first-order valence-corrected chi connectivity index (χ1v) is 12.1. The molecule has 1 N–H and O–H groups in total. The van der Waals surface area contributed by atoms with Crippen molar-refractivity contribution in [3.63, 3.8) is 0 Å². The van der Waals surface area contributed by atoms with Crippen molar-refractivity contribution in [2.45, 2.75) is 78.2 Å². The maximum atomic E-state index is 13.1. The Labute approximate surface area is 197 Å². The van der Waals surface area contributed by atoms with Crippen LogP contribution in [0.25, 0.3) is 0 Å². The van der Waals surface area contributed by atoms with Gasteiger partial charge in [0.1, 0.15) is 11.5 Å². The van der Waals surface area contributed by atoms with Crippen molar-refractivity contribution in [3.05, 3.63) is 58.7 Å². The Morgan fingerprint density at radius 3 is 2.55 bits per heavy atom. The molecule has 1 fully saturated rings. The number of aliphatic carboxylic acids is 1. The highest BCUT2D eigenvalue weighted by atomic mass is 16.5. The van der Waals surface area contributed by atoms with Crippen LogP contribution >= 0.6 is 0 Å². The van der Waals surface area contributed by atoms with E-state index in [9.17, 15) is 9.59 Å². The molecule has 178 valence electrons. The van der Waals surface area contributed by atoms with Crippen molar-refractivity contribution in [3.8, 4) is 11.5 Å². The van der Waals surface area contributed by atoms with Gasteiger partial charge in [0.25, 0.3) is 0 Å². The first-order chi connectivity index (χ1) is 15.9. The zero-order chi connectivity index (χ0) is 23.8. The van der Waals surface area contributed by atoms with Gasteiger partial charge in [-0.1, -0.05) is 31.9 Å². The number of carboxylic acid groups (broad SMARTS) is 1. The average molecular weight is 453 g/mol. The van der Waals surface area contributed by atoms with Gasteiger partial charge in [-0.2, -0.15) is 0 Å². The Hall–Kier alpha value is -2.82. The summed E-state index contributed by atoms with van der Waals surface area (Å²) in [4.78, 5) is 23.9. The summed E-state index contributed by atoms with van der Waals surface area (Å²) in [5.74, 6) is 0.999. The molecule has 33 heavy (non-hydrogen) atoms. The first-order valence-electron chi connectivity index (χ1n) is 12.1. The van der Waals surface area contributed by atoms with Crippen LogP contribution in [0.1, 0.15) is 79.4 Å². The molecule has 1 atom stereocenters. The third-order valence-corrected chi connectivity index (χ3v) is 6.49. The highest BCUT2D eigenvalue weighted by Crippen LogP contribution is 2.32. The Kier molecular flexibility index (Phi) is 8.93. The second-order valence-corrected chi connectivity index (χ2v) is 9.08. The molecule has 0 aromatic heterocycles. The number of aryl methyl sites for hydroxylation is 3. The van der Waals surface area contributed by atoms with E-state index in [1.54, 1.807) is 0 Å². The maximum Gasteiger partial charge on any atom is 0.303 e. The van der Waals surface area contributed by atoms with E-state index in [1.807, 2.05) is 50.2 Å². The topological polar surface area (TPSA) is 72.8 Å². The standard InChI is InChI=1S/C28H36O5/c1-4-21-9-13-26(25(18-21)28(31)23-7-5-6-8-23)33-20(3)15-16-32-24-12-10-22(19(2)17-24)11-14-27(29)30/h9-10,12-13,17-18,20,23H,4-8,11,14-16H2,1-3H3,(H,29,30). The predicted molar refractivity (Wildman–Crippen MR) is 129 cm³/mol. The number of carbonyl (C=O) groups is 2. The van der Waals surface area contributed by atoms with Crippen molar-refractivity contribution in [2.24, 2.45) is 5.92 Å². The lowest BCUT2D eigenvalue weighted by Crippen LogP contribution is -2.19. The van der Waals surface area contributed by atoms with Crippen LogP contribution in [0.5, 0.6) is 11.5 Å². The fourth-order valence-corrected chi connectivity index (χ4v) is 4.40. The second kappa shape index (κ2) is 11.9. The fourth-order valence-electron chi connectivity index (χ4n) is 4.40. The molecule has 0 heterocycles. The minimum absolute atomic E-state index is 0.0939. The quantitative estimate of drug-likeness (QED) is 0.389. The molecule has 1 saturated carbocycles. The van der Waals surface area contributed by atoms with Crippen molar-refractivity contribution in [1.82, 2.24) is 0 Å². The summed E-state index contributed by atoms with van der Waals surface area (Å²) in [7, 11) is 0. The van der Waals surface area contributed by atoms with E-state index >= 15 is 0 Å². The van der Waals surface area contributed by atoms with Gasteiger partial charge in [-0.25, -0.2) is 0 Å². The van der Waals surface area contributed by atoms with E-state index in [1.165, 1.54) is 0 Å². The van der Waals surface area contributed by atoms with Crippen molar-refractivity contribution < 1.29 is 24.2 Å². The molecule has 0 radical (unpaired) electrons. The molecular formula is C28H36O5. The van der Waals surface area contributed by atoms with Crippen molar-refractivity contribution >= 4 is 11.8 Å². The van der Waals surface area contributed by atoms with Gasteiger partial charge in [0, 0.05) is 18.8 Å². The lowest BCUT2D eigenvalue weighted by molar-refractivity contribution is -0.136. The van der Waals surface area contributed by atoms with Crippen LogP contribution in [0.3, 0.4) is 0 Å². The second-order valence-electron chi connectivity index (χ2n) is 9.08. The van der Waals surface area contributed by atoms with Gasteiger partial charge >= 0.3 is 5.97 Å². The van der Waals surface area contributed by atoms with Gasteiger partial charge in [-0.3, -0.25) is 9.59 Å². The van der Waals surface area contributed by atoms with Gasteiger partial charge in [0.2, 0.25) is 0 Å². The Bertz CT molecular complexity index is 959. The van der Waals surface area contributed by atoms with Gasteiger partial charge in [-0.05, 0) is 80.5 Å². The lowest BCUT2D eigenvalue weighted by atomic mass is 9.94. The minimum Gasteiger partial charge on any atom is -0.493 e. The Morgan fingerprint density at radius 1 is 1.12 bits per heavy atom. The maximum absolute atomic E-state index is 13.1. The van der Waals surface area contributed by atoms with Crippen LogP contribution in [-0.4, -0.2) is 29.6 Å². The number of rotatable bonds is 12. The first kappa shape index (κ1) is 24.8. The SMILES string of the molecule is CCc1ccc(OC(C)CCOc2ccc(CCC(=O)O)c(C)c2)c(C(=O)C2CCCC2)c1. The summed E-state index contributed by atoms with van der Waals surface area (Å²) >= 11 is 0. The van der Waals surface area contributed by atoms with Gasteiger partial charge in [0.05, 0.1) is 18.3 Å². The molecule has 5 heteroatoms. The number of carbonyl (C=O) groups excluding carboxylic acids is 1. The summed E-state index contributed by atoms with van der Waals surface area (Å²) in [6.45, 7) is 6.56. The van der Waals surface area contributed by atoms with Crippen LogP contribution in [0.15, 0.2) is 36.4 Å². The molecule has 2 aromatic rings. The fraction of sp³-hybridized carbons (Fsp3) is 0.500. The van der Waals surface area contributed by atoms with Crippen molar-refractivity contribution in [2.75, 3.05) is 6.61 Å². The van der Waals surface area contributed by atoms with E-state index in [2.05, 4.69) is 6.92 Å². The van der Waals surface area contributed by atoms with E-state index in [0.29, 0.717) is 25.2 Å². The highest BCUT2D eigenvalue weighted by Gasteiger charge is 2.26. The number of ketones is 1. The normalized spacial score (nSPS) is 14.8. The molecule has 2 aromatic carbocycles. The average Bonchev–Trinajstić information content (AvgIpc) is 3.33. The molecule has 0 saturated heterocycles. The number of hydrogen-bond acceptors (Lipinski definition) is 4. The number of Topliss-reactive ketones (excluding diaryl/α,β-unsaturated/α-hetero) is 1. The van der Waals surface area contributed by atoms with E-state index in [0.717, 1.165) is 60.1 Å². The van der Waals surface area contributed by atoms with E-state index < -0.39 is 5.97 Å². The zero-order valence-corrected chi connectivity index (χ0v) is 20.1. The van der Waals surface area contributed by atoms with Crippen LogP contribution in [-0.2, 0) is 17.6 Å². The molecule has 1 unspecified atom stereocenters. The lowest BCUT2D eigenvalue weighted by Gasteiger charge is -2.19. The summed E-state index contributed by atoms with van der Waals surface area (Å²) in [6, 6.07) is 11.8. The molecule has 1 aliphatic carbocycles. The van der Waals surface area contributed by atoms with Crippen LogP contribution in [0.2, 0.25) is 0 Å². The summed E-state index contributed by atoms with van der Waals surface area (Å²) in [6.07, 6.45) is 6.35. The van der Waals surface area contributed by atoms with E-state index in [-0.39, 0.29) is 24.2 Å². The van der Waals surface area contributed by atoms with Crippen LogP contribution in [0, 0.1) is 12.8 Å². The van der Waals surface area contributed by atoms with Gasteiger partial charge < -0.3 is 14.6 Å². The molecular weight excluding hydrogens is 416 g/mol. The molecule has 0 bridgehead atoms. The Morgan fingerprint density at radius 2 is 1.88 bits per heavy atom. The minimum atomic E-state index is -0.791. The number of benzene rings is 2. The molecule has 5 nitrogen and oxygen atoms in total. The summed E-state index contributed by atoms with van der Waals surface area (Å²) in [5.41, 5.74) is 3.93. The van der Waals surface area contributed by atoms with Crippen molar-refractivity contribution in [1.29, 1.82) is 0 Å². The Balaban J connectivity index is 1.56. The van der Waals surface area contributed by atoms with E-state index in [4.69, 9.17) is 14.6 Å². The van der Waals surface area contributed by atoms with Gasteiger partial charge in [-0.15, -0.1) is 0 Å². The molecule has 1 aliphatic rings.